The van der Waals surface area contributed by atoms with Crippen LogP contribution in [-0.4, -0.2) is 11.7 Å². The van der Waals surface area contributed by atoms with Crippen LogP contribution in [0.2, 0.25) is 0 Å². The largest absolute Gasteiger partial charge is 1.00 e. The SMILES string of the molecule is CCCCCCCCCCCO.[H-].[Li+]. The summed E-state index contributed by atoms with van der Waals surface area (Å²) in [7, 11) is 0. The van der Waals surface area contributed by atoms with E-state index in [0.29, 0.717) is 6.61 Å². The maximum Gasteiger partial charge on any atom is 1.00 e. The molecule has 0 unspecified atom stereocenters. The molecule has 0 amide bonds. The van der Waals surface area contributed by atoms with Crippen LogP contribution in [0.25, 0.3) is 0 Å². The molecule has 0 aliphatic heterocycles. The molecule has 0 saturated heterocycles. The zero-order chi connectivity index (χ0) is 9.07. The fourth-order valence-electron chi connectivity index (χ4n) is 1.42. The zero-order valence-electron chi connectivity index (χ0n) is 10.5. The fourth-order valence-corrected chi connectivity index (χ4v) is 1.42. The standard InChI is InChI=1S/C11H24O.Li.H/c1-2-3-4-5-6-7-8-9-10-11-12;;/h12H,2-11H2,1H3;;/q;+1;-1. The number of unbranched alkanes of at least 4 members (excludes halogenated alkanes) is 8. The van der Waals surface area contributed by atoms with E-state index in [1.54, 1.807) is 0 Å². The Morgan fingerprint density at radius 3 is 1.54 bits per heavy atom. The van der Waals surface area contributed by atoms with Gasteiger partial charge in [-0.1, -0.05) is 58.3 Å². The van der Waals surface area contributed by atoms with E-state index in [-0.39, 0.29) is 20.3 Å². The molecular weight excluding hydrogens is 155 g/mol. The molecule has 0 fully saturated rings. The van der Waals surface area contributed by atoms with E-state index >= 15 is 0 Å². The van der Waals surface area contributed by atoms with Crippen molar-refractivity contribution in [3.05, 3.63) is 0 Å². The third kappa shape index (κ3) is 15.3. The Labute approximate surface area is 97.0 Å². The molecule has 0 rings (SSSR count). The first kappa shape index (κ1) is 16.0. The van der Waals surface area contributed by atoms with Crippen LogP contribution in [0.3, 0.4) is 0 Å². The molecule has 2 heteroatoms. The van der Waals surface area contributed by atoms with Gasteiger partial charge in [0, 0.05) is 6.61 Å². The van der Waals surface area contributed by atoms with Gasteiger partial charge in [-0.3, -0.25) is 0 Å². The van der Waals surface area contributed by atoms with Gasteiger partial charge in [0.15, 0.2) is 0 Å². The summed E-state index contributed by atoms with van der Waals surface area (Å²) in [6, 6.07) is 0. The smallest absolute Gasteiger partial charge is 1.00 e. The third-order valence-electron chi connectivity index (χ3n) is 2.26. The van der Waals surface area contributed by atoms with Gasteiger partial charge in [0.05, 0.1) is 0 Å². The van der Waals surface area contributed by atoms with Crippen LogP contribution in [-0.2, 0) is 0 Å². The van der Waals surface area contributed by atoms with Crippen molar-refractivity contribution in [2.75, 3.05) is 6.61 Å². The Kier molecular flexibility index (Phi) is 18.5. The second-order valence-corrected chi connectivity index (χ2v) is 3.55. The van der Waals surface area contributed by atoms with Gasteiger partial charge in [-0.2, -0.15) is 0 Å². The Balaban J connectivity index is -0.000000605. The van der Waals surface area contributed by atoms with Crippen LogP contribution >= 0.6 is 0 Å². The summed E-state index contributed by atoms with van der Waals surface area (Å²) in [5, 5.41) is 8.54. The third-order valence-corrected chi connectivity index (χ3v) is 2.26. The van der Waals surface area contributed by atoms with Gasteiger partial charge < -0.3 is 6.53 Å². The van der Waals surface area contributed by atoms with Crippen molar-refractivity contribution in [1.82, 2.24) is 0 Å². The molecule has 0 heterocycles. The van der Waals surface area contributed by atoms with Gasteiger partial charge in [0.25, 0.3) is 0 Å². The summed E-state index contributed by atoms with van der Waals surface area (Å²) >= 11 is 0. The minimum absolute atomic E-state index is 0. The molecule has 0 atom stereocenters. The summed E-state index contributed by atoms with van der Waals surface area (Å²) in [4.78, 5) is 0. The van der Waals surface area contributed by atoms with Crippen molar-refractivity contribution >= 4 is 0 Å². The number of aliphatic hydroxyl groups excluding tert-OH is 1. The molecule has 0 aromatic heterocycles. The Bertz CT molecular complexity index is 71.7. The van der Waals surface area contributed by atoms with Gasteiger partial charge in [-0.25, -0.2) is 0 Å². The van der Waals surface area contributed by atoms with E-state index in [1.165, 1.54) is 51.4 Å². The van der Waals surface area contributed by atoms with Crippen molar-refractivity contribution in [2.24, 2.45) is 0 Å². The molecule has 0 spiro atoms. The number of rotatable bonds is 9. The normalized spacial score (nSPS) is 9.69. The summed E-state index contributed by atoms with van der Waals surface area (Å²) < 4.78 is 0. The van der Waals surface area contributed by atoms with Crippen LogP contribution in [0.15, 0.2) is 0 Å². The minimum atomic E-state index is 0. The Hall–Kier alpha value is 0.557. The summed E-state index contributed by atoms with van der Waals surface area (Å²) in [6.45, 7) is 2.62. The number of aliphatic hydroxyl groups is 1. The van der Waals surface area contributed by atoms with Gasteiger partial charge in [-0.15, -0.1) is 0 Å². The summed E-state index contributed by atoms with van der Waals surface area (Å²) in [5.41, 5.74) is 0. The first-order chi connectivity index (χ1) is 5.91. The second kappa shape index (κ2) is 15.0. The fraction of sp³-hybridized carbons (Fsp3) is 1.00. The van der Waals surface area contributed by atoms with Crippen LogP contribution in [0.5, 0.6) is 0 Å². The van der Waals surface area contributed by atoms with Crippen molar-refractivity contribution < 1.29 is 25.4 Å². The van der Waals surface area contributed by atoms with E-state index in [9.17, 15) is 0 Å². The van der Waals surface area contributed by atoms with Crippen molar-refractivity contribution in [1.29, 1.82) is 0 Å². The molecule has 0 radical (unpaired) electrons. The zero-order valence-corrected chi connectivity index (χ0v) is 9.52. The molecular formula is C11H25LiO. The molecule has 0 bridgehead atoms. The minimum Gasteiger partial charge on any atom is -1.00 e. The maximum atomic E-state index is 8.54. The van der Waals surface area contributed by atoms with E-state index in [1.807, 2.05) is 0 Å². The van der Waals surface area contributed by atoms with Crippen molar-refractivity contribution in [3.8, 4) is 0 Å². The quantitative estimate of drug-likeness (QED) is 0.407. The van der Waals surface area contributed by atoms with Crippen LogP contribution in [0.1, 0.15) is 66.1 Å². The first-order valence-corrected chi connectivity index (χ1v) is 5.52. The Morgan fingerprint density at radius 1 is 0.769 bits per heavy atom. The average Bonchev–Trinajstić information content (AvgIpc) is 2.10. The molecule has 13 heavy (non-hydrogen) atoms. The van der Waals surface area contributed by atoms with E-state index in [0.717, 1.165) is 6.42 Å². The van der Waals surface area contributed by atoms with Gasteiger partial charge in [-0.05, 0) is 6.42 Å². The van der Waals surface area contributed by atoms with Gasteiger partial charge >= 0.3 is 18.9 Å². The number of hydrogen-bond donors (Lipinski definition) is 1. The maximum absolute atomic E-state index is 8.54. The molecule has 1 nitrogen and oxygen atoms in total. The summed E-state index contributed by atoms with van der Waals surface area (Å²) in [5.74, 6) is 0. The van der Waals surface area contributed by atoms with Gasteiger partial charge in [0.2, 0.25) is 0 Å². The molecule has 0 aliphatic rings. The predicted octanol–water partition coefficient (Wildman–Crippen LogP) is 0.626. The van der Waals surface area contributed by atoms with Crippen molar-refractivity contribution in [3.63, 3.8) is 0 Å². The topological polar surface area (TPSA) is 20.2 Å². The van der Waals surface area contributed by atoms with E-state index in [4.69, 9.17) is 5.11 Å². The average molecular weight is 180 g/mol. The van der Waals surface area contributed by atoms with E-state index < -0.39 is 0 Å². The predicted molar refractivity (Wildman–Crippen MR) is 55.4 cm³/mol. The van der Waals surface area contributed by atoms with Crippen molar-refractivity contribution in [2.45, 2.75) is 64.7 Å². The van der Waals surface area contributed by atoms with Crippen LogP contribution in [0, 0.1) is 0 Å². The molecule has 0 aromatic carbocycles. The summed E-state index contributed by atoms with van der Waals surface area (Å²) in [6.07, 6.45) is 11.8. The monoisotopic (exact) mass is 180 g/mol. The van der Waals surface area contributed by atoms with Gasteiger partial charge in [0.1, 0.15) is 0 Å². The Morgan fingerprint density at radius 2 is 1.15 bits per heavy atom. The van der Waals surface area contributed by atoms with Crippen LogP contribution in [0.4, 0.5) is 0 Å². The molecule has 1 N–H and O–H groups in total. The second-order valence-electron chi connectivity index (χ2n) is 3.55. The first-order valence-electron chi connectivity index (χ1n) is 5.52. The molecule has 76 valence electrons. The number of hydrogen-bond acceptors (Lipinski definition) is 1. The molecule has 0 aliphatic carbocycles. The van der Waals surface area contributed by atoms with Crippen LogP contribution < -0.4 is 18.9 Å². The molecule has 0 aromatic rings. The van der Waals surface area contributed by atoms with E-state index in [2.05, 4.69) is 6.92 Å². The molecule has 0 saturated carbocycles.